The molecule has 0 aliphatic carbocycles. The molecule has 0 saturated carbocycles. The SMILES string of the molecule is Cn1nc([C@@H]2CCCN2c2ccc(Cl)cc2[N+](=O)[O-])nc1N. The number of hydrogen-bond acceptors (Lipinski definition) is 6. The minimum Gasteiger partial charge on any atom is -0.368 e. The van der Waals surface area contributed by atoms with Gasteiger partial charge in [-0.25, -0.2) is 4.68 Å². The van der Waals surface area contributed by atoms with Gasteiger partial charge in [-0.3, -0.25) is 10.1 Å². The molecule has 1 saturated heterocycles. The van der Waals surface area contributed by atoms with Crippen LogP contribution >= 0.6 is 11.6 Å². The zero-order chi connectivity index (χ0) is 15.9. The molecular formula is C13H15ClN6O2. The summed E-state index contributed by atoms with van der Waals surface area (Å²) >= 11 is 5.88. The minimum atomic E-state index is -0.420. The predicted octanol–water partition coefficient (Wildman–Crippen LogP) is 2.30. The van der Waals surface area contributed by atoms with Gasteiger partial charge in [-0.05, 0) is 25.0 Å². The highest BCUT2D eigenvalue weighted by Crippen LogP contribution is 2.40. The third-order valence-corrected chi connectivity index (χ3v) is 4.04. The molecule has 0 bridgehead atoms. The second-order valence-electron chi connectivity index (χ2n) is 5.19. The van der Waals surface area contributed by atoms with E-state index in [0.717, 1.165) is 12.8 Å². The Balaban J connectivity index is 2.02. The van der Waals surface area contributed by atoms with Crippen molar-refractivity contribution in [2.45, 2.75) is 18.9 Å². The molecule has 1 aliphatic rings. The van der Waals surface area contributed by atoms with E-state index in [0.29, 0.717) is 29.0 Å². The summed E-state index contributed by atoms with van der Waals surface area (Å²) in [5.41, 5.74) is 6.26. The summed E-state index contributed by atoms with van der Waals surface area (Å²) in [6, 6.07) is 4.57. The number of nitrogens with zero attached hydrogens (tertiary/aromatic N) is 5. The molecule has 2 N–H and O–H groups in total. The van der Waals surface area contributed by atoms with Crippen LogP contribution in [0.1, 0.15) is 24.7 Å². The van der Waals surface area contributed by atoms with Crippen LogP contribution in [-0.2, 0) is 7.05 Å². The van der Waals surface area contributed by atoms with Gasteiger partial charge in [-0.15, -0.1) is 0 Å². The molecule has 2 aromatic rings. The van der Waals surface area contributed by atoms with Gasteiger partial charge in [-0.2, -0.15) is 10.1 Å². The Morgan fingerprint density at radius 1 is 1.50 bits per heavy atom. The second kappa shape index (κ2) is 5.45. The van der Waals surface area contributed by atoms with E-state index in [1.807, 2.05) is 4.90 Å². The Morgan fingerprint density at radius 2 is 2.27 bits per heavy atom. The maximum absolute atomic E-state index is 11.3. The van der Waals surface area contributed by atoms with E-state index in [9.17, 15) is 10.1 Å². The Morgan fingerprint density at radius 3 is 2.91 bits per heavy atom. The van der Waals surface area contributed by atoms with Gasteiger partial charge in [-0.1, -0.05) is 11.6 Å². The van der Waals surface area contributed by atoms with Crippen molar-refractivity contribution in [2.75, 3.05) is 17.2 Å². The van der Waals surface area contributed by atoms with Crippen LogP contribution in [0.4, 0.5) is 17.3 Å². The number of nitro benzene ring substituents is 1. The standard InChI is InChI=1S/C13H15ClN6O2/c1-18-13(15)16-12(17-18)10-3-2-6-19(10)9-5-4-8(14)7-11(9)20(21)22/h4-5,7,10H,2-3,6H2,1H3,(H2,15,16,17)/t10-/m0/s1. The Labute approximate surface area is 131 Å². The van der Waals surface area contributed by atoms with Crippen molar-refractivity contribution in [3.63, 3.8) is 0 Å². The van der Waals surface area contributed by atoms with E-state index in [4.69, 9.17) is 17.3 Å². The molecule has 1 aromatic carbocycles. The average Bonchev–Trinajstić information content (AvgIpc) is 3.06. The lowest BCUT2D eigenvalue weighted by atomic mass is 10.2. The number of benzene rings is 1. The molecule has 1 atom stereocenters. The summed E-state index contributed by atoms with van der Waals surface area (Å²) in [4.78, 5) is 17.1. The van der Waals surface area contributed by atoms with Crippen LogP contribution < -0.4 is 10.6 Å². The number of nitro groups is 1. The number of nitrogens with two attached hydrogens (primary N) is 1. The molecule has 0 radical (unpaired) electrons. The van der Waals surface area contributed by atoms with Crippen molar-refractivity contribution in [1.29, 1.82) is 0 Å². The lowest BCUT2D eigenvalue weighted by Crippen LogP contribution is -2.24. The highest BCUT2D eigenvalue weighted by Gasteiger charge is 2.33. The zero-order valence-corrected chi connectivity index (χ0v) is 12.7. The molecule has 9 heteroatoms. The number of aromatic nitrogens is 3. The van der Waals surface area contributed by atoms with Gasteiger partial charge in [0.1, 0.15) is 5.69 Å². The number of halogens is 1. The predicted molar refractivity (Wildman–Crippen MR) is 82.8 cm³/mol. The van der Waals surface area contributed by atoms with Gasteiger partial charge in [0, 0.05) is 24.7 Å². The van der Waals surface area contributed by atoms with Crippen molar-refractivity contribution in [1.82, 2.24) is 14.8 Å². The topological polar surface area (TPSA) is 103 Å². The van der Waals surface area contributed by atoms with Gasteiger partial charge < -0.3 is 10.6 Å². The third kappa shape index (κ3) is 2.45. The highest BCUT2D eigenvalue weighted by atomic mass is 35.5. The molecule has 22 heavy (non-hydrogen) atoms. The van der Waals surface area contributed by atoms with Gasteiger partial charge in [0.2, 0.25) is 5.95 Å². The minimum absolute atomic E-state index is 0.0108. The van der Waals surface area contributed by atoms with Crippen molar-refractivity contribution in [3.05, 3.63) is 39.2 Å². The largest absolute Gasteiger partial charge is 0.368 e. The first-order valence-corrected chi connectivity index (χ1v) is 7.22. The lowest BCUT2D eigenvalue weighted by molar-refractivity contribution is -0.384. The summed E-state index contributed by atoms with van der Waals surface area (Å²) in [5, 5.41) is 15.9. The first-order chi connectivity index (χ1) is 10.5. The molecular weight excluding hydrogens is 308 g/mol. The summed E-state index contributed by atoms with van der Waals surface area (Å²) in [6.07, 6.45) is 1.73. The molecule has 8 nitrogen and oxygen atoms in total. The van der Waals surface area contributed by atoms with E-state index in [-0.39, 0.29) is 11.7 Å². The first-order valence-electron chi connectivity index (χ1n) is 6.84. The van der Waals surface area contributed by atoms with Crippen LogP contribution in [0, 0.1) is 10.1 Å². The van der Waals surface area contributed by atoms with Crippen LogP contribution in [0.3, 0.4) is 0 Å². The van der Waals surface area contributed by atoms with Crippen molar-refractivity contribution < 1.29 is 4.92 Å². The van der Waals surface area contributed by atoms with Crippen LogP contribution in [0.2, 0.25) is 5.02 Å². The fourth-order valence-corrected chi connectivity index (χ4v) is 2.93. The maximum atomic E-state index is 11.3. The van der Waals surface area contributed by atoms with E-state index in [1.165, 1.54) is 10.7 Å². The van der Waals surface area contributed by atoms with E-state index in [1.54, 1.807) is 19.2 Å². The van der Waals surface area contributed by atoms with Gasteiger partial charge >= 0.3 is 0 Å². The third-order valence-electron chi connectivity index (χ3n) is 3.81. The molecule has 0 spiro atoms. The first kappa shape index (κ1) is 14.6. The number of rotatable bonds is 3. The smallest absolute Gasteiger partial charge is 0.294 e. The summed E-state index contributed by atoms with van der Waals surface area (Å²) in [5.74, 6) is 0.911. The fourth-order valence-electron chi connectivity index (χ4n) is 2.77. The lowest BCUT2D eigenvalue weighted by Gasteiger charge is -2.24. The van der Waals surface area contributed by atoms with Crippen LogP contribution in [0.15, 0.2) is 18.2 Å². The van der Waals surface area contributed by atoms with Crippen LogP contribution in [-0.4, -0.2) is 26.2 Å². The number of aryl methyl sites for hydroxylation is 1. The van der Waals surface area contributed by atoms with E-state index in [2.05, 4.69) is 10.1 Å². The summed E-state index contributed by atoms with van der Waals surface area (Å²) < 4.78 is 1.50. The molecule has 1 aromatic heterocycles. The van der Waals surface area contributed by atoms with E-state index >= 15 is 0 Å². The van der Waals surface area contributed by atoms with Crippen molar-refractivity contribution in [3.8, 4) is 0 Å². The Bertz CT molecular complexity index is 712. The quantitative estimate of drug-likeness (QED) is 0.687. The Kier molecular flexibility index (Phi) is 3.61. The maximum Gasteiger partial charge on any atom is 0.294 e. The van der Waals surface area contributed by atoms with E-state index < -0.39 is 4.92 Å². The average molecular weight is 323 g/mol. The number of anilines is 2. The molecule has 116 valence electrons. The van der Waals surface area contributed by atoms with Crippen LogP contribution in [0.5, 0.6) is 0 Å². The molecule has 3 rings (SSSR count). The van der Waals surface area contributed by atoms with Crippen molar-refractivity contribution in [2.24, 2.45) is 7.05 Å². The number of hydrogen-bond donors (Lipinski definition) is 1. The molecule has 0 unspecified atom stereocenters. The molecule has 1 aliphatic heterocycles. The fraction of sp³-hybridized carbons (Fsp3) is 0.385. The molecule has 0 amide bonds. The summed E-state index contributed by atoms with van der Waals surface area (Å²) in [7, 11) is 1.72. The highest BCUT2D eigenvalue weighted by molar-refractivity contribution is 6.30. The molecule has 2 heterocycles. The van der Waals surface area contributed by atoms with Crippen LogP contribution in [0.25, 0.3) is 0 Å². The van der Waals surface area contributed by atoms with Crippen molar-refractivity contribution >= 4 is 28.9 Å². The van der Waals surface area contributed by atoms with Gasteiger partial charge in [0.25, 0.3) is 5.69 Å². The normalized spacial score (nSPS) is 17.9. The Hall–Kier alpha value is -2.35. The monoisotopic (exact) mass is 322 g/mol. The summed E-state index contributed by atoms with van der Waals surface area (Å²) in [6.45, 7) is 0.700. The van der Waals surface area contributed by atoms with Gasteiger partial charge in [0.05, 0.1) is 11.0 Å². The molecule has 1 fully saturated rings. The van der Waals surface area contributed by atoms with Gasteiger partial charge in [0.15, 0.2) is 5.82 Å². The zero-order valence-electron chi connectivity index (χ0n) is 11.9. The second-order valence-corrected chi connectivity index (χ2v) is 5.63. The number of nitrogen functional groups attached to an aromatic ring is 1.